The van der Waals surface area contributed by atoms with Gasteiger partial charge in [0.15, 0.2) is 5.13 Å². The van der Waals surface area contributed by atoms with Gasteiger partial charge < -0.3 is 16.0 Å². The first-order chi connectivity index (χ1) is 21.8. The molecule has 0 atom stereocenters. The lowest BCUT2D eigenvalue weighted by Gasteiger charge is -2.13. The summed E-state index contributed by atoms with van der Waals surface area (Å²) in [7, 11) is 0. The lowest BCUT2D eigenvalue weighted by Crippen LogP contribution is -2.30. The Morgan fingerprint density at radius 3 is 2.16 bits per heavy atom. The number of hydrogen-bond donors (Lipinski definition) is 3. The van der Waals surface area contributed by atoms with Crippen molar-refractivity contribution in [2.24, 2.45) is 0 Å². The van der Waals surface area contributed by atoms with Crippen LogP contribution in [0.1, 0.15) is 15.9 Å². The van der Waals surface area contributed by atoms with Gasteiger partial charge in [0.05, 0.1) is 11.4 Å². The quantitative estimate of drug-likeness (QED) is 0.100. The van der Waals surface area contributed by atoms with Gasteiger partial charge in [-0.2, -0.15) is 0 Å². The standard InChI is InChI=1S/C33H23Cl3N4O3S2/c34-25-10-5-4-9-23(25)29-18-45-33(39-29)40-30(41)19-44-22-15-13-21(14-16-22)37-32(43)28(17-24-26(35)11-6-12-27(24)36)38-31(42)20-7-2-1-3-8-20/h1-18H,19H2,(H,37,43)(H,38,42)(H,39,40,41)/b28-17-. The molecule has 0 aliphatic heterocycles. The van der Waals surface area contributed by atoms with Crippen molar-refractivity contribution in [1.82, 2.24) is 10.3 Å². The Hall–Kier alpha value is -4.12. The minimum absolute atomic E-state index is 0.0474. The Labute approximate surface area is 282 Å². The number of amides is 3. The van der Waals surface area contributed by atoms with Gasteiger partial charge in [-0.3, -0.25) is 14.4 Å². The minimum Gasteiger partial charge on any atom is -0.321 e. The largest absolute Gasteiger partial charge is 0.321 e. The summed E-state index contributed by atoms with van der Waals surface area (Å²) in [5.41, 5.74) is 2.69. The molecule has 3 amide bonds. The van der Waals surface area contributed by atoms with Crippen LogP contribution < -0.4 is 16.0 Å². The van der Waals surface area contributed by atoms with Gasteiger partial charge in [-0.25, -0.2) is 4.98 Å². The highest BCUT2D eigenvalue weighted by Gasteiger charge is 2.17. The van der Waals surface area contributed by atoms with Crippen molar-refractivity contribution < 1.29 is 14.4 Å². The maximum absolute atomic E-state index is 13.3. The molecule has 0 unspecified atom stereocenters. The Morgan fingerprint density at radius 2 is 1.44 bits per heavy atom. The zero-order valence-electron chi connectivity index (χ0n) is 23.2. The third-order valence-electron chi connectivity index (χ3n) is 6.20. The van der Waals surface area contributed by atoms with Gasteiger partial charge >= 0.3 is 0 Å². The molecule has 0 spiro atoms. The lowest BCUT2D eigenvalue weighted by atomic mass is 10.1. The van der Waals surface area contributed by atoms with Gasteiger partial charge in [-0.15, -0.1) is 23.1 Å². The van der Waals surface area contributed by atoms with Gasteiger partial charge in [-0.05, 0) is 60.7 Å². The van der Waals surface area contributed by atoms with E-state index in [9.17, 15) is 14.4 Å². The number of benzene rings is 4. The van der Waals surface area contributed by atoms with Crippen LogP contribution in [0, 0.1) is 0 Å². The number of carbonyl (C=O) groups excluding carboxylic acids is 3. The number of nitrogens with zero attached hydrogens (tertiary/aromatic N) is 1. The molecule has 0 saturated carbocycles. The maximum atomic E-state index is 13.3. The van der Waals surface area contributed by atoms with Crippen LogP contribution in [0.2, 0.25) is 15.1 Å². The van der Waals surface area contributed by atoms with E-state index in [0.717, 1.165) is 10.5 Å². The number of aromatic nitrogens is 1. The Morgan fingerprint density at radius 1 is 0.778 bits per heavy atom. The van der Waals surface area contributed by atoms with Gasteiger partial charge in [0, 0.05) is 47.7 Å². The second kappa shape index (κ2) is 15.2. The predicted octanol–water partition coefficient (Wildman–Crippen LogP) is 8.91. The van der Waals surface area contributed by atoms with Crippen LogP contribution in [0.15, 0.2) is 113 Å². The van der Waals surface area contributed by atoms with Crippen molar-refractivity contribution in [3.05, 3.63) is 134 Å². The number of rotatable bonds is 10. The van der Waals surface area contributed by atoms with Crippen LogP contribution in [-0.4, -0.2) is 28.5 Å². The van der Waals surface area contributed by atoms with E-state index in [0.29, 0.717) is 42.7 Å². The van der Waals surface area contributed by atoms with Crippen LogP contribution in [0.25, 0.3) is 17.3 Å². The molecule has 5 rings (SSSR count). The average Bonchev–Trinajstić information content (AvgIpc) is 3.50. The molecule has 3 N–H and O–H groups in total. The molecule has 0 aliphatic carbocycles. The Balaban J connectivity index is 1.21. The van der Waals surface area contributed by atoms with Crippen molar-refractivity contribution in [2.75, 3.05) is 16.4 Å². The van der Waals surface area contributed by atoms with E-state index < -0.39 is 11.8 Å². The fraction of sp³-hybridized carbons (Fsp3) is 0.0303. The normalized spacial score (nSPS) is 11.1. The van der Waals surface area contributed by atoms with Crippen LogP contribution in [0.5, 0.6) is 0 Å². The molecular formula is C33H23Cl3N4O3S2. The number of halogens is 3. The van der Waals surface area contributed by atoms with Crippen molar-refractivity contribution in [1.29, 1.82) is 0 Å². The summed E-state index contributed by atoms with van der Waals surface area (Å²) in [6.45, 7) is 0. The number of thiazole rings is 1. The highest BCUT2D eigenvalue weighted by atomic mass is 35.5. The third kappa shape index (κ3) is 8.75. The van der Waals surface area contributed by atoms with E-state index in [2.05, 4.69) is 20.9 Å². The van der Waals surface area contributed by atoms with Crippen molar-refractivity contribution in [2.45, 2.75) is 4.90 Å². The summed E-state index contributed by atoms with van der Waals surface area (Å²) in [5.74, 6) is -1.10. The first-order valence-electron chi connectivity index (χ1n) is 13.3. The van der Waals surface area contributed by atoms with Crippen LogP contribution in [0.4, 0.5) is 10.8 Å². The fourth-order valence-electron chi connectivity index (χ4n) is 4.00. The number of anilines is 2. The highest BCUT2D eigenvalue weighted by molar-refractivity contribution is 8.00. The first-order valence-corrected chi connectivity index (χ1v) is 16.3. The zero-order chi connectivity index (χ0) is 31.8. The molecule has 5 aromatic rings. The molecule has 1 aromatic heterocycles. The predicted molar refractivity (Wildman–Crippen MR) is 185 cm³/mol. The topological polar surface area (TPSA) is 100 Å². The van der Waals surface area contributed by atoms with E-state index in [1.54, 1.807) is 78.9 Å². The smallest absolute Gasteiger partial charge is 0.272 e. The Bertz CT molecular complexity index is 1860. The molecule has 0 aliphatic rings. The highest BCUT2D eigenvalue weighted by Crippen LogP contribution is 2.31. The molecule has 0 saturated heterocycles. The summed E-state index contributed by atoms with van der Waals surface area (Å²) in [4.78, 5) is 44.1. The molecule has 0 fully saturated rings. The summed E-state index contributed by atoms with van der Waals surface area (Å²) < 4.78 is 0. The van der Waals surface area contributed by atoms with Gasteiger partial charge in [0.25, 0.3) is 11.8 Å². The maximum Gasteiger partial charge on any atom is 0.272 e. The molecule has 1 heterocycles. The number of hydrogen-bond acceptors (Lipinski definition) is 6. The van der Waals surface area contributed by atoms with E-state index >= 15 is 0 Å². The average molecular weight is 694 g/mol. The molecule has 12 heteroatoms. The van der Waals surface area contributed by atoms with Crippen molar-refractivity contribution in [3.8, 4) is 11.3 Å². The minimum atomic E-state index is -0.574. The molecule has 0 bridgehead atoms. The number of carbonyl (C=O) groups is 3. The monoisotopic (exact) mass is 692 g/mol. The second-order valence-corrected chi connectivity index (χ2v) is 12.5. The van der Waals surface area contributed by atoms with E-state index in [1.807, 2.05) is 23.6 Å². The second-order valence-electron chi connectivity index (χ2n) is 9.35. The molecular weight excluding hydrogens is 671 g/mol. The molecule has 0 radical (unpaired) electrons. The number of nitrogens with one attached hydrogen (secondary N) is 3. The summed E-state index contributed by atoms with van der Waals surface area (Å²) in [6.07, 6.45) is 1.43. The first kappa shape index (κ1) is 32.3. The SMILES string of the molecule is O=C(CSc1ccc(NC(=O)/C(=C/c2c(Cl)cccc2Cl)NC(=O)c2ccccc2)cc1)Nc1nc(-c2ccccc2Cl)cs1. The third-order valence-corrected chi connectivity index (χ3v) is 8.96. The van der Waals surface area contributed by atoms with Crippen molar-refractivity contribution >= 4 is 92.5 Å². The van der Waals surface area contributed by atoms with E-state index in [4.69, 9.17) is 34.8 Å². The van der Waals surface area contributed by atoms with Crippen LogP contribution in [0.3, 0.4) is 0 Å². The summed E-state index contributed by atoms with van der Waals surface area (Å²) in [5, 5.41) is 11.8. The van der Waals surface area contributed by atoms with Gasteiger partial charge in [0.1, 0.15) is 5.70 Å². The van der Waals surface area contributed by atoms with E-state index in [1.165, 1.54) is 29.2 Å². The lowest BCUT2D eigenvalue weighted by molar-refractivity contribution is -0.114. The fourth-order valence-corrected chi connectivity index (χ4v) is 6.16. The van der Waals surface area contributed by atoms with Crippen molar-refractivity contribution in [3.63, 3.8) is 0 Å². The van der Waals surface area contributed by atoms with Crippen LogP contribution >= 0.6 is 57.9 Å². The number of thioether (sulfide) groups is 1. The van der Waals surface area contributed by atoms with Crippen LogP contribution in [-0.2, 0) is 9.59 Å². The molecule has 7 nitrogen and oxygen atoms in total. The van der Waals surface area contributed by atoms with E-state index in [-0.39, 0.29) is 17.4 Å². The van der Waals surface area contributed by atoms with Gasteiger partial charge in [0.2, 0.25) is 5.91 Å². The van der Waals surface area contributed by atoms with Gasteiger partial charge in [-0.1, -0.05) is 77.3 Å². The molecule has 226 valence electrons. The Kier molecular flexibility index (Phi) is 10.9. The molecule has 4 aromatic carbocycles. The summed E-state index contributed by atoms with van der Waals surface area (Å²) >= 11 is 21.6. The summed E-state index contributed by atoms with van der Waals surface area (Å²) in [6, 6.07) is 27.8. The molecule has 45 heavy (non-hydrogen) atoms. The zero-order valence-corrected chi connectivity index (χ0v) is 27.1.